The van der Waals surface area contributed by atoms with Crippen LogP contribution >= 0.6 is 0 Å². The van der Waals surface area contributed by atoms with Crippen LogP contribution in [-0.2, 0) is 12.8 Å². The molecule has 2 aromatic carbocycles. The Bertz CT molecular complexity index is 1100. The number of aromatic nitrogens is 1. The van der Waals surface area contributed by atoms with Crippen LogP contribution in [0.5, 0.6) is 0 Å². The van der Waals surface area contributed by atoms with Crippen molar-refractivity contribution in [3.8, 4) is 0 Å². The van der Waals surface area contributed by atoms with E-state index in [0.717, 1.165) is 35.4 Å². The van der Waals surface area contributed by atoms with Crippen molar-refractivity contribution < 1.29 is 0 Å². The number of rotatable bonds is 4. The molecule has 0 spiro atoms. The maximum Gasteiger partial charge on any atom is 0.188 e. The van der Waals surface area contributed by atoms with E-state index in [9.17, 15) is 4.79 Å². The number of hydrogen-bond donors (Lipinski definition) is 1. The molecule has 0 fully saturated rings. The van der Waals surface area contributed by atoms with Crippen LogP contribution in [0.4, 0.5) is 0 Å². The molecule has 3 aromatic rings. The molecule has 0 amide bonds. The Hall–Kier alpha value is -2.61. The molecule has 1 aliphatic carbocycles. The van der Waals surface area contributed by atoms with Crippen LogP contribution in [0, 0.1) is 20.8 Å². The summed E-state index contributed by atoms with van der Waals surface area (Å²) in [5.74, 6) is 0.766. The second-order valence-electron chi connectivity index (χ2n) is 8.91. The summed E-state index contributed by atoms with van der Waals surface area (Å²) >= 11 is 0. The third kappa shape index (κ3) is 3.57. The fourth-order valence-corrected chi connectivity index (χ4v) is 4.79. The van der Waals surface area contributed by atoms with Gasteiger partial charge in [-0.2, -0.15) is 0 Å². The minimum Gasteiger partial charge on any atom is -0.362 e. The van der Waals surface area contributed by atoms with Crippen LogP contribution in [0.15, 0.2) is 47.3 Å². The lowest BCUT2D eigenvalue weighted by molar-refractivity contribution is 0.782. The molecule has 29 heavy (non-hydrogen) atoms. The van der Waals surface area contributed by atoms with E-state index in [-0.39, 0.29) is 5.43 Å². The van der Waals surface area contributed by atoms with Crippen LogP contribution in [0.3, 0.4) is 0 Å². The number of nitrogens with one attached hydrogen (secondary N) is 1. The SMILES string of the molecule is Cc1ccc(C2CCc3c(Cc4c(C(C)C)[nH]c(C)c(C)c4=O)cccc32)cc1. The highest BCUT2D eigenvalue weighted by Gasteiger charge is 2.26. The van der Waals surface area contributed by atoms with Gasteiger partial charge in [-0.15, -0.1) is 0 Å². The van der Waals surface area contributed by atoms with E-state index in [1.54, 1.807) is 0 Å². The van der Waals surface area contributed by atoms with Gasteiger partial charge in [0.1, 0.15) is 0 Å². The Morgan fingerprint density at radius 1 is 1.03 bits per heavy atom. The van der Waals surface area contributed by atoms with Gasteiger partial charge in [0, 0.05) is 34.9 Å². The topological polar surface area (TPSA) is 32.9 Å². The van der Waals surface area contributed by atoms with Crippen molar-refractivity contribution >= 4 is 0 Å². The molecule has 0 saturated heterocycles. The van der Waals surface area contributed by atoms with Crippen molar-refractivity contribution in [3.63, 3.8) is 0 Å². The Balaban J connectivity index is 1.76. The summed E-state index contributed by atoms with van der Waals surface area (Å²) in [5, 5.41) is 0. The zero-order chi connectivity index (χ0) is 20.7. The molecule has 1 unspecified atom stereocenters. The van der Waals surface area contributed by atoms with Gasteiger partial charge in [-0.3, -0.25) is 4.79 Å². The van der Waals surface area contributed by atoms with Gasteiger partial charge >= 0.3 is 0 Å². The minimum atomic E-state index is 0.204. The molecule has 1 aliphatic rings. The molecule has 0 aliphatic heterocycles. The van der Waals surface area contributed by atoms with Crippen molar-refractivity contribution in [1.82, 2.24) is 4.98 Å². The van der Waals surface area contributed by atoms with Gasteiger partial charge in [0.2, 0.25) is 0 Å². The molecule has 2 nitrogen and oxygen atoms in total. The number of pyridine rings is 1. The van der Waals surface area contributed by atoms with Gasteiger partial charge in [0.15, 0.2) is 5.43 Å². The van der Waals surface area contributed by atoms with Crippen molar-refractivity contribution in [3.05, 3.63) is 103 Å². The summed E-state index contributed by atoms with van der Waals surface area (Å²) < 4.78 is 0. The number of H-pyrrole nitrogens is 1. The molecule has 2 heteroatoms. The highest BCUT2D eigenvalue weighted by atomic mass is 16.1. The van der Waals surface area contributed by atoms with Gasteiger partial charge in [0.05, 0.1) is 0 Å². The average molecular weight is 386 g/mol. The third-order valence-electron chi connectivity index (χ3n) is 6.62. The molecule has 1 heterocycles. The van der Waals surface area contributed by atoms with Crippen LogP contribution in [0.1, 0.15) is 82.4 Å². The summed E-state index contributed by atoms with van der Waals surface area (Å²) in [5.41, 5.74) is 11.0. The first kappa shape index (κ1) is 19.7. The smallest absolute Gasteiger partial charge is 0.188 e. The van der Waals surface area contributed by atoms with E-state index in [1.807, 2.05) is 13.8 Å². The number of benzene rings is 2. The van der Waals surface area contributed by atoms with E-state index in [1.165, 1.54) is 27.8 Å². The summed E-state index contributed by atoms with van der Waals surface area (Å²) in [6.07, 6.45) is 2.95. The molecule has 1 atom stereocenters. The van der Waals surface area contributed by atoms with Crippen molar-refractivity contribution in [2.45, 2.75) is 65.7 Å². The first-order chi connectivity index (χ1) is 13.9. The van der Waals surface area contributed by atoms with Crippen LogP contribution < -0.4 is 5.43 Å². The number of fused-ring (bicyclic) bond motifs is 1. The lowest BCUT2D eigenvalue weighted by Gasteiger charge is -2.17. The molecule has 1 aromatic heterocycles. The number of aromatic amines is 1. The fraction of sp³-hybridized carbons (Fsp3) is 0.370. The predicted octanol–water partition coefficient (Wildman–Crippen LogP) is 6.09. The molecule has 0 radical (unpaired) electrons. The van der Waals surface area contributed by atoms with Crippen LogP contribution in [-0.4, -0.2) is 4.98 Å². The maximum atomic E-state index is 13.1. The molecule has 150 valence electrons. The summed E-state index contributed by atoms with van der Waals surface area (Å²) in [6.45, 7) is 10.4. The number of hydrogen-bond acceptors (Lipinski definition) is 1. The van der Waals surface area contributed by atoms with Gasteiger partial charge in [-0.05, 0) is 61.8 Å². The second kappa shape index (κ2) is 7.67. The monoisotopic (exact) mass is 385 g/mol. The molecular weight excluding hydrogens is 354 g/mol. The molecule has 0 saturated carbocycles. The lowest BCUT2D eigenvalue weighted by Crippen LogP contribution is -2.20. The molecular formula is C27H31NO. The van der Waals surface area contributed by atoms with Gasteiger partial charge in [0.25, 0.3) is 0 Å². The number of aryl methyl sites for hydroxylation is 2. The van der Waals surface area contributed by atoms with Crippen LogP contribution in [0.2, 0.25) is 0 Å². The van der Waals surface area contributed by atoms with Gasteiger partial charge < -0.3 is 4.98 Å². The Morgan fingerprint density at radius 2 is 1.76 bits per heavy atom. The van der Waals surface area contributed by atoms with Crippen molar-refractivity contribution in [2.75, 3.05) is 0 Å². The summed E-state index contributed by atoms with van der Waals surface area (Å²) in [6, 6.07) is 15.6. The first-order valence-electron chi connectivity index (χ1n) is 10.8. The largest absolute Gasteiger partial charge is 0.362 e. The Morgan fingerprint density at radius 3 is 2.45 bits per heavy atom. The van der Waals surface area contributed by atoms with E-state index >= 15 is 0 Å². The first-order valence-corrected chi connectivity index (χ1v) is 10.8. The zero-order valence-electron chi connectivity index (χ0n) is 18.2. The third-order valence-corrected chi connectivity index (χ3v) is 6.62. The minimum absolute atomic E-state index is 0.204. The highest BCUT2D eigenvalue weighted by molar-refractivity contribution is 5.48. The van der Waals surface area contributed by atoms with E-state index in [4.69, 9.17) is 0 Å². The molecule has 1 N–H and O–H groups in total. The summed E-state index contributed by atoms with van der Waals surface area (Å²) in [4.78, 5) is 16.6. The Labute approximate surface area is 174 Å². The predicted molar refractivity (Wildman–Crippen MR) is 121 cm³/mol. The maximum absolute atomic E-state index is 13.1. The van der Waals surface area contributed by atoms with E-state index < -0.39 is 0 Å². The Kier molecular flexibility index (Phi) is 5.21. The van der Waals surface area contributed by atoms with Crippen LogP contribution in [0.25, 0.3) is 0 Å². The average Bonchev–Trinajstić information content (AvgIpc) is 3.13. The quantitative estimate of drug-likeness (QED) is 0.579. The van der Waals surface area contributed by atoms with Crippen molar-refractivity contribution in [2.24, 2.45) is 0 Å². The zero-order valence-corrected chi connectivity index (χ0v) is 18.2. The normalized spacial score (nSPS) is 15.7. The van der Waals surface area contributed by atoms with E-state index in [0.29, 0.717) is 18.3 Å². The fourth-order valence-electron chi connectivity index (χ4n) is 4.79. The van der Waals surface area contributed by atoms with E-state index in [2.05, 4.69) is 68.2 Å². The highest BCUT2D eigenvalue weighted by Crippen LogP contribution is 2.40. The lowest BCUT2D eigenvalue weighted by atomic mass is 9.89. The standard InChI is InChI=1S/C27H31NO/c1-16(2)26-25(27(29)18(4)19(5)28-26)15-21-7-6-8-24-22(13-14-23(21)24)20-11-9-17(3)10-12-20/h6-12,16,22H,13-15H2,1-5H3,(H,28,29). The molecule has 4 rings (SSSR count). The second-order valence-corrected chi connectivity index (χ2v) is 8.91. The molecule has 0 bridgehead atoms. The van der Waals surface area contributed by atoms with Gasteiger partial charge in [-0.1, -0.05) is 61.9 Å². The van der Waals surface area contributed by atoms with Gasteiger partial charge in [-0.25, -0.2) is 0 Å². The summed E-state index contributed by atoms with van der Waals surface area (Å²) in [7, 11) is 0. The van der Waals surface area contributed by atoms with Crippen molar-refractivity contribution in [1.29, 1.82) is 0 Å².